The monoisotopic (exact) mass is 567 g/mol. The van der Waals surface area contributed by atoms with Gasteiger partial charge in [0.15, 0.2) is 0 Å². The third-order valence-electron chi connectivity index (χ3n) is 6.71. The molecule has 1 atom stereocenters. The standard InChI is InChI=1S/C27H35Cl2N3O4S/c1-20(27(34)30-21-11-5-3-6-12-21)31(19-23-24(28)15-9-16-25(23)29)26(33)17-10-18-32(37(2,35)36)22-13-7-4-8-14-22/h4,7-9,13-16,20-21H,3,5-6,10-12,17-19H2,1-2H3,(H,30,34). The zero-order valence-corrected chi connectivity index (χ0v) is 23.7. The van der Waals surface area contributed by atoms with Gasteiger partial charge in [0.05, 0.1) is 11.9 Å². The van der Waals surface area contributed by atoms with Crippen molar-refractivity contribution in [3.63, 3.8) is 0 Å². The van der Waals surface area contributed by atoms with E-state index in [2.05, 4.69) is 5.32 Å². The van der Waals surface area contributed by atoms with Crippen molar-refractivity contribution < 1.29 is 18.0 Å². The molecule has 2 aromatic rings. The van der Waals surface area contributed by atoms with Crippen LogP contribution in [-0.2, 0) is 26.2 Å². The summed E-state index contributed by atoms with van der Waals surface area (Å²) in [5, 5.41) is 3.93. The van der Waals surface area contributed by atoms with Gasteiger partial charge in [-0.2, -0.15) is 0 Å². The summed E-state index contributed by atoms with van der Waals surface area (Å²) in [6.45, 7) is 1.91. The molecule has 0 saturated heterocycles. The summed E-state index contributed by atoms with van der Waals surface area (Å²) in [7, 11) is -3.53. The predicted octanol–water partition coefficient (Wildman–Crippen LogP) is 5.41. The normalized spacial score (nSPS) is 15.1. The lowest BCUT2D eigenvalue weighted by Gasteiger charge is -2.32. The van der Waals surface area contributed by atoms with Gasteiger partial charge in [0.2, 0.25) is 21.8 Å². The van der Waals surface area contributed by atoms with Crippen molar-refractivity contribution in [3.05, 3.63) is 64.1 Å². The number of anilines is 1. The Balaban J connectivity index is 1.75. The minimum absolute atomic E-state index is 0.0575. The van der Waals surface area contributed by atoms with E-state index < -0.39 is 16.1 Å². The SMILES string of the molecule is CC(C(=O)NC1CCCCC1)N(Cc1c(Cl)cccc1Cl)C(=O)CCCN(c1ccccc1)S(C)(=O)=O. The van der Waals surface area contributed by atoms with Gasteiger partial charge in [0, 0.05) is 41.2 Å². The molecule has 202 valence electrons. The number of nitrogens with zero attached hydrogens (tertiary/aromatic N) is 2. The fraction of sp³-hybridized carbons (Fsp3) is 0.481. The van der Waals surface area contributed by atoms with E-state index in [0.29, 0.717) is 21.3 Å². The number of halogens is 2. The van der Waals surface area contributed by atoms with Crippen LogP contribution in [0.25, 0.3) is 0 Å². The molecule has 3 rings (SSSR count). The number of carbonyl (C=O) groups excluding carboxylic acids is 2. The summed E-state index contributed by atoms with van der Waals surface area (Å²) in [4.78, 5) is 28.1. The lowest BCUT2D eigenvalue weighted by Crippen LogP contribution is -2.50. The van der Waals surface area contributed by atoms with Gasteiger partial charge < -0.3 is 10.2 Å². The van der Waals surface area contributed by atoms with Gasteiger partial charge in [-0.15, -0.1) is 0 Å². The molecule has 1 saturated carbocycles. The Bertz CT molecular complexity index is 1150. The zero-order valence-electron chi connectivity index (χ0n) is 21.3. The lowest BCUT2D eigenvalue weighted by atomic mass is 9.95. The molecule has 0 spiro atoms. The van der Waals surface area contributed by atoms with Crippen molar-refractivity contribution in [1.29, 1.82) is 0 Å². The first kappa shape index (κ1) is 29.3. The highest BCUT2D eigenvalue weighted by atomic mass is 35.5. The summed E-state index contributed by atoms with van der Waals surface area (Å²) in [6, 6.07) is 13.2. The second-order valence-corrected chi connectivity index (χ2v) is 12.2. The Kier molecular flexibility index (Phi) is 10.7. The molecule has 2 aromatic carbocycles. The average molecular weight is 569 g/mol. The number of hydrogen-bond donors (Lipinski definition) is 1. The molecule has 0 aliphatic heterocycles. The highest BCUT2D eigenvalue weighted by Crippen LogP contribution is 2.27. The second kappa shape index (κ2) is 13.5. The maximum absolute atomic E-state index is 13.5. The summed E-state index contributed by atoms with van der Waals surface area (Å²) in [5.74, 6) is -0.491. The fourth-order valence-corrected chi connectivity index (χ4v) is 6.09. The van der Waals surface area contributed by atoms with Gasteiger partial charge in [-0.25, -0.2) is 8.42 Å². The average Bonchev–Trinajstić information content (AvgIpc) is 2.86. The molecule has 37 heavy (non-hydrogen) atoms. The molecule has 7 nitrogen and oxygen atoms in total. The Morgan fingerprint density at radius 3 is 2.22 bits per heavy atom. The minimum Gasteiger partial charge on any atom is -0.352 e. The molecule has 1 aliphatic rings. The van der Waals surface area contributed by atoms with Crippen LogP contribution < -0.4 is 9.62 Å². The van der Waals surface area contributed by atoms with Gasteiger partial charge in [0.1, 0.15) is 6.04 Å². The molecule has 1 aliphatic carbocycles. The van der Waals surface area contributed by atoms with E-state index in [-0.39, 0.29) is 43.8 Å². The molecule has 0 aromatic heterocycles. The summed E-state index contributed by atoms with van der Waals surface area (Å²) in [5.41, 5.74) is 1.11. The first-order valence-electron chi connectivity index (χ1n) is 12.6. The van der Waals surface area contributed by atoms with Crippen LogP contribution in [-0.4, -0.2) is 50.0 Å². The molecule has 0 radical (unpaired) electrons. The van der Waals surface area contributed by atoms with Crippen LogP contribution in [0.1, 0.15) is 57.4 Å². The maximum Gasteiger partial charge on any atom is 0.242 e. The Morgan fingerprint density at radius 2 is 1.62 bits per heavy atom. The molecular weight excluding hydrogens is 533 g/mol. The zero-order chi connectivity index (χ0) is 27.0. The number of amides is 2. The molecular formula is C27H35Cl2N3O4S. The van der Waals surface area contributed by atoms with Crippen LogP contribution in [0.4, 0.5) is 5.69 Å². The van der Waals surface area contributed by atoms with Crippen molar-refractivity contribution in [3.8, 4) is 0 Å². The Labute approximate surface area is 230 Å². The third kappa shape index (κ3) is 8.35. The van der Waals surface area contributed by atoms with Gasteiger partial charge in [-0.05, 0) is 50.5 Å². The van der Waals surface area contributed by atoms with Gasteiger partial charge in [0.25, 0.3) is 0 Å². The number of rotatable bonds is 11. The summed E-state index contributed by atoms with van der Waals surface area (Å²) >= 11 is 12.8. The molecule has 0 heterocycles. The topological polar surface area (TPSA) is 86.8 Å². The van der Waals surface area contributed by atoms with E-state index in [1.165, 1.54) is 15.6 Å². The van der Waals surface area contributed by atoms with E-state index >= 15 is 0 Å². The highest BCUT2D eigenvalue weighted by Gasteiger charge is 2.29. The molecule has 10 heteroatoms. The molecule has 1 unspecified atom stereocenters. The van der Waals surface area contributed by atoms with E-state index in [0.717, 1.165) is 31.9 Å². The van der Waals surface area contributed by atoms with E-state index in [1.807, 2.05) is 6.07 Å². The molecule has 1 fully saturated rings. The lowest BCUT2D eigenvalue weighted by molar-refractivity contribution is -0.141. The van der Waals surface area contributed by atoms with Crippen molar-refractivity contribution in [2.45, 2.75) is 70.5 Å². The number of sulfonamides is 1. The summed E-state index contributed by atoms with van der Waals surface area (Å²) < 4.78 is 26.1. The van der Waals surface area contributed by atoms with Crippen LogP contribution in [0, 0.1) is 0 Å². The van der Waals surface area contributed by atoms with Crippen LogP contribution in [0.15, 0.2) is 48.5 Å². The van der Waals surface area contributed by atoms with Crippen LogP contribution in [0.2, 0.25) is 10.0 Å². The molecule has 1 N–H and O–H groups in total. The Hall–Kier alpha value is -2.29. The molecule has 2 amide bonds. The predicted molar refractivity (Wildman–Crippen MR) is 149 cm³/mol. The highest BCUT2D eigenvalue weighted by molar-refractivity contribution is 7.92. The number of carbonyl (C=O) groups is 2. The maximum atomic E-state index is 13.5. The van der Waals surface area contributed by atoms with Crippen LogP contribution in [0.3, 0.4) is 0 Å². The number of nitrogens with one attached hydrogen (secondary N) is 1. The van der Waals surface area contributed by atoms with Gasteiger partial charge >= 0.3 is 0 Å². The van der Waals surface area contributed by atoms with Crippen LogP contribution in [0.5, 0.6) is 0 Å². The quantitative estimate of drug-likeness (QED) is 0.393. The fourth-order valence-electron chi connectivity index (χ4n) is 4.60. The second-order valence-electron chi connectivity index (χ2n) is 9.52. The van der Waals surface area contributed by atoms with Crippen molar-refractivity contribution in [1.82, 2.24) is 10.2 Å². The molecule has 0 bridgehead atoms. The first-order chi connectivity index (χ1) is 17.6. The number of para-hydroxylation sites is 1. The van der Waals surface area contributed by atoms with E-state index in [9.17, 15) is 18.0 Å². The minimum atomic E-state index is -3.53. The number of benzene rings is 2. The smallest absolute Gasteiger partial charge is 0.242 e. The van der Waals surface area contributed by atoms with Crippen LogP contribution >= 0.6 is 23.2 Å². The third-order valence-corrected chi connectivity index (χ3v) is 8.61. The van der Waals surface area contributed by atoms with Crippen molar-refractivity contribution in [2.75, 3.05) is 17.1 Å². The first-order valence-corrected chi connectivity index (χ1v) is 15.2. The Morgan fingerprint density at radius 1 is 1.00 bits per heavy atom. The van der Waals surface area contributed by atoms with Crippen molar-refractivity contribution in [2.24, 2.45) is 0 Å². The van der Waals surface area contributed by atoms with Crippen molar-refractivity contribution >= 4 is 50.7 Å². The van der Waals surface area contributed by atoms with Gasteiger partial charge in [-0.1, -0.05) is 66.7 Å². The largest absolute Gasteiger partial charge is 0.352 e. The number of hydrogen-bond acceptors (Lipinski definition) is 4. The van der Waals surface area contributed by atoms with Gasteiger partial charge in [-0.3, -0.25) is 13.9 Å². The van der Waals surface area contributed by atoms with E-state index in [1.54, 1.807) is 49.4 Å². The summed E-state index contributed by atoms with van der Waals surface area (Å²) in [6.07, 6.45) is 6.68. The van der Waals surface area contributed by atoms with E-state index in [4.69, 9.17) is 23.2 Å².